The summed E-state index contributed by atoms with van der Waals surface area (Å²) in [5.74, 6) is -0.639. The van der Waals surface area contributed by atoms with Gasteiger partial charge in [-0.05, 0) is 41.5 Å². The van der Waals surface area contributed by atoms with Crippen molar-refractivity contribution < 1.29 is 36.6 Å². The molecule has 0 aliphatic carbocycles. The van der Waals surface area contributed by atoms with Crippen LogP contribution in [0.2, 0.25) is 0 Å². The minimum Gasteiger partial charge on any atom is -0.488 e. The predicted octanol–water partition coefficient (Wildman–Crippen LogP) is 6.90. The van der Waals surface area contributed by atoms with E-state index in [2.05, 4.69) is 20.0 Å². The first kappa shape index (κ1) is 27.2. The Labute approximate surface area is 221 Å². The minimum atomic E-state index is -3.21. The average Bonchev–Trinajstić information content (AvgIpc) is 2.93. The molecule has 0 saturated carbocycles. The van der Waals surface area contributed by atoms with Crippen LogP contribution in [0.4, 0.5) is 17.6 Å². The molecule has 4 aromatic rings. The standard InChI is InChI=1S/C29H22F4N2O4/c30-28(31)38-23-15-14-22(26(16-23)39-29(32)33)17-34-35-27(36)21-12-10-19(11-13-21)18-37-25-9-5-4-8-24(25)20-6-2-1-3-7-20/h1-17,28-29H,18H2,(H,35,36)/b34-17+. The van der Waals surface area contributed by atoms with Crippen LogP contribution < -0.4 is 19.6 Å². The molecule has 0 unspecified atom stereocenters. The number of nitrogens with one attached hydrogen (secondary N) is 1. The van der Waals surface area contributed by atoms with Crippen molar-refractivity contribution in [3.8, 4) is 28.4 Å². The van der Waals surface area contributed by atoms with Crippen LogP contribution in [-0.2, 0) is 6.61 Å². The monoisotopic (exact) mass is 538 g/mol. The van der Waals surface area contributed by atoms with Crippen molar-refractivity contribution in [2.45, 2.75) is 19.8 Å². The van der Waals surface area contributed by atoms with Crippen molar-refractivity contribution >= 4 is 12.1 Å². The molecule has 4 aromatic carbocycles. The molecule has 4 rings (SSSR count). The lowest BCUT2D eigenvalue weighted by Gasteiger charge is -2.12. The summed E-state index contributed by atoms with van der Waals surface area (Å²) in [7, 11) is 0. The van der Waals surface area contributed by atoms with Gasteiger partial charge in [-0.2, -0.15) is 22.7 Å². The Balaban J connectivity index is 1.36. The quantitative estimate of drug-likeness (QED) is 0.128. The maximum Gasteiger partial charge on any atom is 0.387 e. The van der Waals surface area contributed by atoms with E-state index in [1.165, 1.54) is 6.07 Å². The molecule has 0 bridgehead atoms. The Morgan fingerprint density at radius 2 is 1.49 bits per heavy atom. The van der Waals surface area contributed by atoms with Crippen molar-refractivity contribution in [1.29, 1.82) is 0 Å². The molecule has 0 aliphatic heterocycles. The largest absolute Gasteiger partial charge is 0.488 e. The summed E-state index contributed by atoms with van der Waals surface area (Å²) in [5.41, 5.74) is 5.42. The number of hydrogen-bond acceptors (Lipinski definition) is 5. The second kappa shape index (κ2) is 13.1. The van der Waals surface area contributed by atoms with E-state index in [1.54, 1.807) is 24.3 Å². The summed E-state index contributed by atoms with van der Waals surface area (Å²) in [5, 5.41) is 3.75. The Bertz CT molecular complexity index is 1410. The summed E-state index contributed by atoms with van der Waals surface area (Å²) in [4.78, 5) is 12.5. The van der Waals surface area contributed by atoms with Gasteiger partial charge in [0.1, 0.15) is 23.9 Å². The van der Waals surface area contributed by atoms with Crippen LogP contribution in [0.3, 0.4) is 0 Å². The van der Waals surface area contributed by atoms with Gasteiger partial charge in [-0.1, -0.05) is 60.7 Å². The van der Waals surface area contributed by atoms with Crippen molar-refractivity contribution in [3.05, 3.63) is 114 Å². The predicted molar refractivity (Wildman–Crippen MR) is 137 cm³/mol. The highest BCUT2D eigenvalue weighted by atomic mass is 19.3. The fourth-order valence-electron chi connectivity index (χ4n) is 3.58. The van der Waals surface area contributed by atoms with Crippen molar-refractivity contribution in [1.82, 2.24) is 5.43 Å². The minimum absolute atomic E-state index is 0.0143. The maximum atomic E-state index is 12.7. The van der Waals surface area contributed by atoms with E-state index >= 15 is 0 Å². The third-order valence-electron chi connectivity index (χ3n) is 5.38. The van der Waals surface area contributed by atoms with E-state index in [9.17, 15) is 22.4 Å². The number of benzene rings is 4. The molecule has 200 valence electrons. The molecule has 0 aromatic heterocycles. The SMILES string of the molecule is O=C(N/N=C/c1ccc(OC(F)F)cc1OC(F)F)c1ccc(COc2ccccc2-c2ccccc2)cc1. The number of rotatable bonds is 11. The highest BCUT2D eigenvalue weighted by Crippen LogP contribution is 2.30. The molecule has 0 atom stereocenters. The lowest BCUT2D eigenvalue weighted by atomic mass is 10.0. The van der Waals surface area contributed by atoms with Gasteiger partial charge in [-0.15, -0.1) is 0 Å². The van der Waals surface area contributed by atoms with Crippen LogP contribution in [0.5, 0.6) is 17.2 Å². The van der Waals surface area contributed by atoms with Gasteiger partial charge in [0.25, 0.3) is 5.91 Å². The number of halogens is 4. The fraction of sp³-hybridized carbons (Fsp3) is 0.103. The van der Waals surface area contributed by atoms with E-state index in [0.29, 0.717) is 5.56 Å². The molecular formula is C29H22F4N2O4. The van der Waals surface area contributed by atoms with Gasteiger partial charge in [0.2, 0.25) is 0 Å². The molecule has 1 N–H and O–H groups in total. The molecule has 10 heteroatoms. The van der Waals surface area contributed by atoms with E-state index in [0.717, 1.165) is 40.8 Å². The Morgan fingerprint density at radius 1 is 0.795 bits per heavy atom. The second-order valence-corrected chi connectivity index (χ2v) is 8.00. The van der Waals surface area contributed by atoms with Gasteiger partial charge in [0, 0.05) is 22.8 Å². The van der Waals surface area contributed by atoms with Gasteiger partial charge < -0.3 is 14.2 Å². The molecule has 6 nitrogen and oxygen atoms in total. The number of hydrazone groups is 1. The number of para-hydroxylation sites is 1. The molecule has 0 aliphatic rings. The Kier molecular flexibility index (Phi) is 9.12. The normalized spacial score (nSPS) is 11.1. The first-order chi connectivity index (χ1) is 18.9. The summed E-state index contributed by atoms with van der Waals surface area (Å²) in [6.45, 7) is -6.06. The third-order valence-corrected chi connectivity index (χ3v) is 5.38. The van der Waals surface area contributed by atoms with Gasteiger partial charge in [-0.3, -0.25) is 4.79 Å². The van der Waals surface area contributed by atoms with Crippen LogP contribution in [0.1, 0.15) is 21.5 Å². The molecule has 0 fully saturated rings. The van der Waals surface area contributed by atoms with E-state index < -0.39 is 24.9 Å². The highest BCUT2D eigenvalue weighted by Gasteiger charge is 2.13. The van der Waals surface area contributed by atoms with Crippen LogP contribution in [0, 0.1) is 0 Å². The zero-order valence-corrected chi connectivity index (χ0v) is 20.3. The maximum absolute atomic E-state index is 12.7. The number of amides is 1. The lowest BCUT2D eigenvalue weighted by Crippen LogP contribution is -2.17. The topological polar surface area (TPSA) is 69.2 Å². The summed E-state index contributed by atoms with van der Waals surface area (Å²) in [6, 6.07) is 27.4. The van der Waals surface area contributed by atoms with Crippen LogP contribution >= 0.6 is 0 Å². The average molecular weight is 538 g/mol. The zero-order valence-electron chi connectivity index (χ0n) is 20.3. The van der Waals surface area contributed by atoms with E-state index in [-0.39, 0.29) is 17.9 Å². The molecule has 1 amide bonds. The Hall–Kier alpha value is -4.86. The zero-order chi connectivity index (χ0) is 27.6. The number of carbonyl (C=O) groups is 1. The molecule has 39 heavy (non-hydrogen) atoms. The lowest BCUT2D eigenvalue weighted by molar-refractivity contribution is -0.0543. The first-order valence-electron chi connectivity index (χ1n) is 11.6. The fourth-order valence-corrected chi connectivity index (χ4v) is 3.58. The Morgan fingerprint density at radius 3 is 2.21 bits per heavy atom. The van der Waals surface area contributed by atoms with Gasteiger partial charge >= 0.3 is 13.2 Å². The summed E-state index contributed by atoms with van der Waals surface area (Å²) >= 11 is 0. The molecular weight excluding hydrogens is 516 g/mol. The van der Waals surface area contributed by atoms with Crippen LogP contribution in [0.15, 0.2) is 102 Å². The number of ether oxygens (including phenoxy) is 3. The third kappa shape index (κ3) is 7.81. The first-order valence-corrected chi connectivity index (χ1v) is 11.6. The van der Waals surface area contributed by atoms with Gasteiger partial charge in [0.15, 0.2) is 0 Å². The van der Waals surface area contributed by atoms with Crippen LogP contribution in [0.25, 0.3) is 11.1 Å². The molecule has 0 saturated heterocycles. The number of hydrogen-bond donors (Lipinski definition) is 1. The molecule has 0 heterocycles. The second-order valence-electron chi connectivity index (χ2n) is 8.00. The van der Waals surface area contributed by atoms with Gasteiger partial charge in [0.05, 0.1) is 6.21 Å². The summed E-state index contributed by atoms with van der Waals surface area (Å²) < 4.78 is 64.8. The van der Waals surface area contributed by atoms with E-state index in [4.69, 9.17) is 4.74 Å². The number of nitrogens with zero attached hydrogens (tertiary/aromatic N) is 1. The molecule has 0 spiro atoms. The van der Waals surface area contributed by atoms with Gasteiger partial charge in [-0.25, -0.2) is 5.43 Å². The summed E-state index contributed by atoms with van der Waals surface area (Å²) in [6.07, 6.45) is 1.05. The van der Waals surface area contributed by atoms with Crippen molar-refractivity contribution in [2.24, 2.45) is 5.10 Å². The highest BCUT2D eigenvalue weighted by molar-refractivity contribution is 5.95. The molecule has 0 radical (unpaired) electrons. The number of carbonyl (C=O) groups excluding carboxylic acids is 1. The van der Waals surface area contributed by atoms with Crippen molar-refractivity contribution in [2.75, 3.05) is 0 Å². The smallest absolute Gasteiger partial charge is 0.387 e. The van der Waals surface area contributed by atoms with E-state index in [1.807, 2.05) is 54.6 Å². The van der Waals surface area contributed by atoms with Crippen LogP contribution in [-0.4, -0.2) is 25.3 Å². The number of alkyl halides is 4. The van der Waals surface area contributed by atoms with Crippen molar-refractivity contribution in [3.63, 3.8) is 0 Å².